The van der Waals surface area contributed by atoms with Crippen molar-refractivity contribution in [2.24, 2.45) is 0 Å². The van der Waals surface area contributed by atoms with Crippen molar-refractivity contribution in [2.45, 2.75) is 81.6 Å². The van der Waals surface area contributed by atoms with Crippen molar-refractivity contribution in [1.82, 2.24) is 5.32 Å². The molecule has 2 heterocycles. The number of carboxylic acids is 1. The van der Waals surface area contributed by atoms with Gasteiger partial charge in [0.25, 0.3) is 5.03 Å². The van der Waals surface area contributed by atoms with Crippen LogP contribution in [0.1, 0.15) is 79.6 Å². The van der Waals surface area contributed by atoms with Gasteiger partial charge in [-0.1, -0.05) is 97.4 Å². The Kier molecular flexibility index (Phi) is 13.0. The number of nitrogens with one attached hydrogen (secondary N) is 1. The number of pyridine rings is 1. The Hall–Kier alpha value is -4.22. The summed E-state index contributed by atoms with van der Waals surface area (Å²) >= 11 is 1.46. The number of amides is 1. The van der Waals surface area contributed by atoms with Gasteiger partial charge in [0.2, 0.25) is 5.91 Å². The molecule has 5 rings (SSSR count). The third-order valence-corrected chi connectivity index (χ3v) is 9.50. The van der Waals surface area contributed by atoms with E-state index in [1.54, 1.807) is 12.1 Å². The van der Waals surface area contributed by atoms with Crippen molar-refractivity contribution in [3.63, 3.8) is 0 Å². The van der Waals surface area contributed by atoms with Crippen LogP contribution in [0.3, 0.4) is 0 Å². The minimum absolute atomic E-state index is 0.0180. The van der Waals surface area contributed by atoms with Gasteiger partial charge in [-0.3, -0.25) is 9.59 Å². The number of aliphatic carboxylic acids is 1. The zero-order valence-electron chi connectivity index (χ0n) is 26.8. The molecule has 1 aliphatic heterocycles. The zero-order chi connectivity index (χ0) is 33.7. The lowest BCUT2D eigenvalue weighted by molar-refractivity contribution is -0.645. The molecule has 0 unspecified atom stereocenters. The molecule has 3 N–H and O–H groups in total. The second-order valence-electron chi connectivity index (χ2n) is 11.9. The second kappa shape index (κ2) is 17.8. The molecule has 48 heavy (non-hydrogen) atoms. The van der Waals surface area contributed by atoms with Crippen LogP contribution in [0, 0.1) is 5.21 Å². The number of thioether (sulfide) groups is 1. The standard InChI is InChI=1S/C38H42N2O7S/c41-25-27-14-16-29(17-15-27)34-23-32(26-48-36-12-7-8-22-40(36)45)46-38(47-34)30-20-18-28(19-21-30)33-10-6-5-9-31(33)24-39-35(42)11-3-1-2-4-13-37(43)44/h5-10,12,14-22,32,34,38,41H,1-4,11,13,23-26H2,(H,39,42)(H,43,44)/t32-,34+,38+/m0/s1. The topological polar surface area (TPSA) is 132 Å². The van der Waals surface area contributed by atoms with Gasteiger partial charge in [0.05, 0.1) is 18.8 Å². The van der Waals surface area contributed by atoms with Gasteiger partial charge in [0, 0.05) is 49.3 Å². The van der Waals surface area contributed by atoms with Crippen LogP contribution in [0.5, 0.6) is 0 Å². The van der Waals surface area contributed by atoms with Crippen LogP contribution >= 0.6 is 11.8 Å². The number of carbonyl (C=O) groups excluding carboxylic acids is 1. The maximum absolute atomic E-state index is 12.5. The molecule has 0 aliphatic carbocycles. The molecule has 1 amide bonds. The Morgan fingerprint density at radius 3 is 2.29 bits per heavy atom. The van der Waals surface area contributed by atoms with E-state index in [9.17, 15) is 19.9 Å². The molecular formula is C38H42N2O7S. The smallest absolute Gasteiger partial charge is 0.303 e. The number of aliphatic hydroxyl groups excluding tert-OH is 1. The predicted octanol–water partition coefficient (Wildman–Crippen LogP) is 6.86. The van der Waals surface area contributed by atoms with Crippen LogP contribution in [-0.4, -0.2) is 33.9 Å². The van der Waals surface area contributed by atoms with E-state index in [-0.39, 0.29) is 31.1 Å². The van der Waals surface area contributed by atoms with Crippen molar-refractivity contribution < 1.29 is 34.0 Å². The van der Waals surface area contributed by atoms with Crippen molar-refractivity contribution in [3.8, 4) is 11.1 Å². The second-order valence-corrected chi connectivity index (χ2v) is 12.9. The highest BCUT2D eigenvalue weighted by molar-refractivity contribution is 7.99. The van der Waals surface area contributed by atoms with E-state index in [0.29, 0.717) is 36.6 Å². The molecule has 3 aromatic carbocycles. The summed E-state index contributed by atoms with van der Waals surface area (Å²) in [6, 6.07) is 29.2. The first-order valence-corrected chi connectivity index (χ1v) is 17.4. The van der Waals surface area contributed by atoms with Gasteiger partial charge in [-0.05, 0) is 46.7 Å². The third kappa shape index (κ3) is 10.1. The number of unbranched alkanes of at least 4 members (excludes halogenated alkanes) is 3. The number of carbonyl (C=O) groups is 2. The van der Waals surface area contributed by atoms with Gasteiger partial charge in [0.1, 0.15) is 0 Å². The van der Waals surface area contributed by atoms with E-state index in [0.717, 1.165) is 57.4 Å². The summed E-state index contributed by atoms with van der Waals surface area (Å²) < 4.78 is 13.8. The van der Waals surface area contributed by atoms with E-state index in [4.69, 9.17) is 14.6 Å². The number of nitrogens with zero attached hydrogens (tertiary/aromatic N) is 1. The summed E-state index contributed by atoms with van der Waals surface area (Å²) in [6.45, 7) is 0.383. The first-order valence-electron chi connectivity index (χ1n) is 16.4. The average molecular weight is 671 g/mol. The highest BCUT2D eigenvalue weighted by atomic mass is 32.2. The van der Waals surface area contributed by atoms with Crippen molar-refractivity contribution >= 4 is 23.6 Å². The van der Waals surface area contributed by atoms with Crippen molar-refractivity contribution in [2.75, 3.05) is 5.75 Å². The Bertz CT molecular complexity index is 1630. The zero-order valence-corrected chi connectivity index (χ0v) is 27.6. The third-order valence-electron chi connectivity index (χ3n) is 8.35. The minimum Gasteiger partial charge on any atom is -0.618 e. The van der Waals surface area contributed by atoms with Crippen molar-refractivity contribution in [1.29, 1.82) is 0 Å². The van der Waals surface area contributed by atoms with Gasteiger partial charge in [-0.25, -0.2) is 0 Å². The quantitative estimate of drug-likeness (QED) is 0.0510. The lowest BCUT2D eigenvalue weighted by Crippen LogP contribution is -2.32. The van der Waals surface area contributed by atoms with E-state index in [2.05, 4.69) is 5.32 Å². The summed E-state index contributed by atoms with van der Waals surface area (Å²) in [5, 5.41) is 34.1. The number of benzene rings is 3. The molecule has 3 atom stereocenters. The maximum atomic E-state index is 12.5. The molecule has 0 bridgehead atoms. The lowest BCUT2D eigenvalue weighted by Gasteiger charge is -2.36. The molecule has 1 saturated heterocycles. The molecule has 0 saturated carbocycles. The summed E-state index contributed by atoms with van der Waals surface area (Å²) in [6.07, 6.45) is 4.69. The van der Waals surface area contributed by atoms with Crippen LogP contribution in [0.4, 0.5) is 0 Å². The molecule has 252 valence electrons. The van der Waals surface area contributed by atoms with E-state index >= 15 is 0 Å². The lowest BCUT2D eigenvalue weighted by atomic mass is 9.97. The number of hydrogen-bond acceptors (Lipinski definition) is 7. The molecular weight excluding hydrogens is 628 g/mol. The van der Waals surface area contributed by atoms with Crippen LogP contribution in [0.15, 0.2) is 102 Å². The highest BCUT2D eigenvalue weighted by Gasteiger charge is 2.32. The van der Waals surface area contributed by atoms with Gasteiger partial charge < -0.3 is 30.2 Å². The minimum atomic E-state index is -0.783. The largest absolute Gasteiger partial charge is 0.618 e. The normalized spacial score (nSPS) is 17.6. The fourth-order valence-corrected chi connectivity index (χ4v) is 6.63. The number of hydrogen-bond donors (Lipinski definition) is 3. The fraction of sp³-hybridized carbons (Fsp3) is 0.342. The van der Waals surface area contributed by atoms with E-state index in [1.807, 2.05) is 78.9 Å². The summed E-state index contributed by atoms with van der Waals surface area (Å²) in [4.78, 5) is 23.1. The SMILES string of the molecule is O=C(O)CCCCCCC(=O)NCc1ccccc1-c1ccc([C@@H]2O[C@H](CSc3cccc[n+]3[O-])C[C@H](c3ccc(CO)cc3)O2)cc1. The maximum Gasteiger partial charge on any atom is 0.303 e. The summed E-state index contributed by atoms with van der Waals surface area (Å²) in [7, 11) is 0. The fourth-order valence-electron chi connectivity index (χ4n) is 5.70. The van der Waals surface area contributed by atoms with Gasteiger partial charge in [-0.2, -0.15) is 4.73 Å². The highest BCUT2D eigenvalue weighted by Crippen LogP contribution is 2.40. The molecule has 0 spiro atoms. The number of rotatable bonds is 16. The molecule has 10 heteroatoms. The van der Waals surface area contributed by atoms with E-state index < -0.39 is 12.3 Å². The molecule has 1 aliphatic rings. The van der Waals surface area contributed by atoms with Crippen LogP contribution in [0.2, 0.25) is 0 Å². The van der Waals surface area contributed by atoms with E-state index in [1.165, 1.54) is 18.0 Å². The predicted molar refractivity (Wildman–Crippen MR) is 184 cm³/mol. The monoisotopic (exact) mass is 670 g/mol. The molecule has 0 radical (unpaired) electrons. The van der Waals surface area contributed by atoms with Gasteiger partial charge in [0.15, 0.2) is 12.5 Å². The number of aromatic nitrogens is 1. The van der Waals surface area contributed by atoms with Crippen molar-refractivity contribution in [3.05, 3.63) is 125 Å². The Labute approximate surface area is 285 Å². The molecule has 1 aromatic heterocycles. The summed E-state index contributed by atoms with van der Waals surface area (Å²) in [5.41, 5.74) is 5.74. The molecule has 1 fully saturated rings. The molecule has 9 nitrogen and oxygen atoms in total. The first kappa shape index (κ1) is 35.1. The average Bonchev–Trinajstić information content (AvgIpc) is 3.12. The van der Waals surface area contributed by atoms with Gasteiger partial charge in [-0.15, -0.1) is 0 Å². The van der Waals surface area contributed by atoms with Gasteiger partial charge >= 0.3 is 5.97 Å². The Balaban J connectivity index is 1.24. The Morgan fingerprint density at radius 1 is 0.854 bits per heavy atom. The van der Waals surface area contributed by atoms with Crippen LogP contribution in [-0.2, 0) is 32.2 Å². The number of aliphatic hydroxyl groups is 1. The summed E-state index contributed by atoms with van der Waals surface area (Å²) in [5.74, 6) is -0.218. The number of ether oxygens (including phenoxy) is 2. The number of carboxylic acid groups (broad SMARTS) is 1. The first-order chi connectivity index (χ1) is 23.4. The Morgan fingerprint density at radius 2 is 1.56 bits per heavy atom. The van der Waals surface area contributed by atoms with Crippen LogP contribution in [0.25, 0.3) is 11.1 Å². The van der Waals surface area contributed by atoms with Crippen LogP contribution < -0.4 is 10.0 Å². The molecule has 4 aromatic rings.